The van der Waals surface area contributed by atoms with Gasteiger partial charge in [0.05, 0.1) is 5.60 Å². The molecule has 1 heterocycles. The summed E-state index contributed by atoms with van der Waals surface area (Å²) in [5, 5.41) is 6.90. The van der Waals surface area contributed by atoms with E-state index in [1.165, 1.54) is 25.7 Å². The van der Waals surface area contributed by atoms with Gasteiger partial charge in [0, 0.05) is 53.3 Å². The molecule has 5 nitrogen and oxygen atoms in total. The first-order valence-corrected chi connectivity index (χ1v) is 9.04. The fourth-order valence-electron chi connectivity index (χ4n) is 2.93. The van der Waals surface area contributed by atoms with Gasteiger partial charge < -0.3 is 20.1 Å². The van der Waals surface area contributed by atoms with Crippen LogP contribution in [0.5, 0.6) is 0 Å². The van der Waals surface area contributed by atoms with E-state index >= 15 is 0 Å². The number of ether oxygens (including phenoxy) is 2. The number of guanidine groups is 1. The smallest absolute Gasteiger partial charge is 0.191 e. The molecular formula is C18H37N3O2. The third-order valence-electron chi connectivity index (χ3n) is 4.83. The predicted octanol–water partition coefficient (Wildman–Crippen LogP) is 2.95. The summed E-state index contributed by atoms with van der Waals surface area (Å²) in [6.45, 7) is 10.1. The Kier molecular flexibility index (Phi) is 8.92. The fourth-order valence-corrected chi connectivity index (χ4v) is 2.93. The maximum absolute atomic E-state index is 5.76. The second-order valence-electron chi connectivity index (χ2n) is 7.40. The highest BCUT2D eigenvalue weighted by Gasteiger charge is 2.32. The molecule has 0 aromatic heterocycles. The van der Waals surface area contributed by atoms with Gasteiger partial charge in [-0.3, -0.25) is 4.99 Å². The van der Waals surface area contributed by atoms with Crippen molar-refractivity contribution in [1.82, 2.24) is 10.6 Å². The van der Waals surface area contributed by atoms with Crippen LogP contribution in [0.2, 0.25) is 0 Å². The van der Waals surface area contributed by atoms with Gasteiger partial charge in [-0.25, -0.2) is 0 Å². The zero-order chi connectivity index (χ0) is 17.2. The number of rotatable bonds is 9. The quantitative estimate of drug-likeness (QED) is 0.388. The molecule has 0 bridgehead atoms. The van der Waals surface area contributed by atoms with Crippen LogP contribution in [0.15, 0.2) is 4.99 Å². The molecule has 0 aliphatic carbocycles. The zero-order valence-corrected chi connectivity index (χ0v) is 15.8. The zero-order valence-electron chi connectivity index (χ0n) is 15.8. The average molecular weight is 328 g/mol. The Bertz CT molecular complexity index is 350. The van der Waals surface area contributed by atoms with Gasteiger partial charge in [-0.15, -0.1) is 0 Å². The van der Waals surface area contributed by atoms with Crippen LogP contribution in [0.1, 0.15) is 59.3 Å². The van der Waals surface area contributed by atoms with Crippen molar-refractivity contribution >= 4 is 5.96 Å². The minimum absolute atomic E-state index is 0.132. The lowest BCUT2D eigenvalue weighted by Crippen LogP contribution is -2.51. The van der Waals surface area contributed by atoms with Gasteiger partial charge >= 0.3 is 0 Å². The van der Waals surface area contributed by atoms with Crippen molar-refractivity contribution in [2.45, 2.75) is 64.9 Å². The summed E-state index contributed by atoms with van der Waals surface area (Å²) in [4.78, 5) is 4.34. The van der Waals surface area contributed by atoms with Gasteiger partial charge in [0.1, 0.15) is 0 Å². The van der Waals surface area contributed by atoms with E-state index in [0.717, 1.165) is 45.1 Å². The van der Waals surface area contributed by atoms with Crippen molar-refractivity contribution in [2.75, 3.05) is 40.5 Å². The average Bonchev–Trinajstić information content (AvgIpc) is 2.56. The molecule has 23 heavy (non-hydrogen) atoms. The van der Waals surface area contributed by atoms with Crippen molar-refractivity contribution in [3.63, 3.8) is 0 Å². The van der Waals surface area contributed by atoms with Gasteiger partial charge in [-0.2, -0.15) is 0 Å². The second-order valence-corrected chi connectivity index (χ2v) is 7.40. The van der Waals surface area contributed by atoms with Gasteiger partial charge in [0.25, 0.3) is 0 Å². The number of aliphatic imine (C=N–C) groups is 1. The number of unbranched alkanes of at least 4 members (excludes halogenated alkanes) is 2. The lowest BCUT2D eigenvalue weighted by molar-refractivity contribution is -0.0855. The van der Waals surface area contributed by atoms with E-state index in [1.807, 2.05) is 7.05 Å². The van der Waals surface area contributed by atoms with Gasteiger partial charge in [0.2, 0.25) is 0 Å². The fraction of sp³-hybridized carbons (Fsp3) is 0.944. The highest BCUT2D eigenvalue weighted by Crippen LogP contribution is 2.24. The lowest BCUT2D eigenvalue weighted by Gasteiger charge is -2.36. The Morgan fingerprint density at radius 3 is 2.48 bits per heavy atom. The molecule has 0 aromatic rings. The van der Waals surface area contributed by atoms with E-state index in [9.17, 15) is 0 Å². The van der Waals surface area contributed by atoms with Crippen molar-refractivity contribution in [3.8, 4) is 0 Å². The molecule has 0 spiro atoms. The number of hydrogen-bond acceptors (Lipinski definition) is 3. The van der Waals surface area contributed by atoms with Crippen LogP contribution >= 0.6 is 0 Å². The molecule has 136 valence electrons. The topological polar surface area (TPSA) is 54.9 Å². The minimum Gasteiger partial charge on any atom is -0.381 e. The number of methoxy groups -OCH3 is 1. The molecule has 0 saturated carbocycles. The Hall–Kier alpha value is -0.810. The molecule has 0 atom stereocenters. The van der Waals surface area contributed by atoms with Crippen LogP contribution in [-0.2, 0) is 9.47 Å². The molecule has 1 rings (SSSR count). The molecule has 0 aromatic carbocycles. The van der Waals surface area contributed by atoms with E-state index in [-0.39, 0.29) is 11.0 Å². The van der Waals surface area contributed by atoms with Crippen molar-refractivity contribution in [1.29, 1.82) is 0 Å². The Morgan fingerprint density at radius 1 is 1.22 bits per heavy atom. The van der Waals surface area contributed by atoms with Crippen LogP contribution in [0.4, 0.5) is 0 Å². The van der Waals surface area contributed by atoms with Gasteiger partial charge in [-0.05, 0) is 11.8 Å². The number of nitrogens with one attached hydrogen (secondary N) is 2. The summed E-state index contributed by atoms with van der Waals surface area (Å²) in [6.07, 6.45) is 6.98. The van der Waals surface area contributed by atoms with Crippen LogP contribution in [0, 0.1) is 5.41 Å². The molecule has 0 amide bonds. The summed E-state index contributed by atoms with van der Waals surface area (Å²) < 4.78 is 11.2. The Morgan fingerprint density at radius 2 is 1.91 bits per heavy atom. The molecule has 1 aliphatic rings. The summed E-state index contributed by atoms with van der Waals surface area (Å²) in [7, 11) is 3.61. The molecule has 1 aliphatic heterocycles. The van der Waals surface area contributed by atoms with Crippen LogP contribution in [0.25, 0.3) is 0 Å². The molecule has 1 fully saturated rings. The molecule has 0 unspecified atom stereocenters. The largest absolute Gasteiger partial charge is 0.381 e. The first kappa shape index (κ1) is 20.2. The van der Waals surface area contributed by atoms with E-state index in [0.29, 0.717) is 0 Å². The predicted molar refractivity (Wildman–Crippen MR) is 97.1 cm³/mol. The first-order chi connectivity index (χ1) is 11.0. The monoisotopic (exact) mass is 327 g/mol. The summed E-state index contributed by atoms with van der Waals surface area (Å²) in [5.41, 5.74) is 0.150. The highest BCUT2D eigenvalue weighted by atomic mass is 16.5. The molecule has 1 saturated heterocycles. The maximum atomic E-state index is 5.76. The van der Waals surface area contributed by atoms with E-state index < -0.39 is 0 Å². The maximum Gasteiger partial charge on any atom is 0.191 e. The normalized spacial score (nSPS) is 18.7. The Labute approximate surface area is 142 Å². The summed E-state index contributed by atoms with van der Waals surface area (Å²) >= 11 is 0. The molecule has 0 radical (unpaired) electrons. The third kappa shape index (κ3) is 7.53. The highest BCUT2D eigenvalue weighted by molar-refractivity contribution is 5.79. The first-order valence-electron chi connectivity index (χ1n) is 9.04. The molecule has 2 N–H and O–H groups in total. The van der Waals surface area contributed by atoms with Crippen molar-refractivity contribution in [2.24, 2.45) is 10.4 Å². The van der Waals surface area contributed by atoms with Crippen LogP contribution < -0.4 is 10.6 Å². The van der Waals surface area contributed by atoms with Crippen molar-refractivity contribution < 1.29 is 9.47 Å². The van der Waals surface area contributed by atoms with E-state index in [2.05, 4.69) is 36.4 Å². The third-order valence-corrected chi connectivity index (χ3v) is 4.83. The Balaban J connectivity index is 2.39. The van der Waals surface area contributed by atoms with Gasteiger partial charge in [0.15, 0.2) is 5.96 Å². The van der Waals surface area contributed by atoms with Crippen LogP contribution in [0.3, 0.4) is 0 Å². The minimum atomic E-state index is -0.132. The van der Waals surface area contributed by atoms with Gasteiger partial charge in [-0.1, -0.05) is 40.0 Å². The number of hydrogen-bond donors (Lipinski definition) is 2. The number of nitrogens with zero attached hydrogens (tertiary/aromatic N) is 1. The molecule has 5 heteroatoms. The van der Waals surface area contributed by atoms with E-state index in [1.54, 1.807) is 7.11 Å². The lowest BCUT2D eigenvalue weighted by atomic mass is 9.87. The second kappa shape index (κ2) is 10.1. The SMILES string of the molecule is CCCCCC(C)(C)CNC(=NC)NCC1(OC)CCOCC1. The van der Waals surface area contributed by atoms with E-state index in [4.69, 9.17) is 9.47 Å². The van der Waals surface area contributed by atoms with Crippen molar-refractivity contribution in [3.05, 3.63) is 0 Å². The summed E-state index contributed by atoms with van der Waals surface area (Å²) in [6, 6.07) is 0. The standard InChI is InChI=1S/C18H37N3O2/c1-6-7-8-9-17(2,3)14-20-16(19-4)21-15-18(22-5)10-12-23-13-11-18/h6-15H2,1-5H3,(H2,19,20,21). The molecular weight excluding hydrogens is 290 g/mol. The summed E-state index contributed by atoms with van der Waals surface area (Å²) in [5.74, 6) is 0.858. The van der Waals surface area contributed by atoms with Crippen LogP contribution in [-0.4, -0.2) is 52.0 Å².